The number of hydrogen-bond acceptors (Lipinski definition) is 5. The lowest BCUT2D eigenvalue weighted by Crippen LogP contribution is -2.31. The first kappa shape index (κ1) is 21.5. The van der Waals surface area contributed by atoms with Gasteiger partial charge in [0.05, 0.1) is 4.90 Å². The second-order valence-electron chi connectivity index (χ2n) is 6.91. The van der Waals surface area contributed by atoms with Crippen molar-refractivity contribution < 1.29 is 18.0 Å². The molecule has 2 aromatic rings. The number of carbonyl (C=O) groups excluding carboxylic acids is 2. The van der Waals surface area contributed by atoms with Gasteiger partial charge in [0.15, 0.2) is 0 Å². The highest BCUT2D eigenvalue weighted by atomic mass is 32.2. The Labute approximate surface area is 175 Å². The zero-order chi connectivity index (χ0) is 20.7. The van der Waals surface area contributed by atoms with Gasteiger partial charge in [-0.05, 0) is 48.6 Å². The predicted molar refractivity (Wildman–Crippen MR) is 114 cm³/mol. The van der Waals surface area contributed by atoms with Crippen LogP contribution in [0.3, 0.4) is 0 Å². The summed E-state index contributed by atoms with van der Waals surface area (Å²) in [5.41, 5.74) is 1.10. The second-order valence-corrected chi connectivity index (χ2v) is 9.63. The van der Waals surface area contributed by atoms with E-state index < -0.39 is 10.0 Å². The first-order valence-corrected chi connectivity index (χ1v) is 12.1. The third-order valence-corrected chi connectivity index (χ3v) is 7.36. The van der Waals surface area contributed by atoms with Gasteiger partial charge in [-0.3, -0.25) is 9.59 Å². The highest BCUT2D eigenvalue weighted by Gasteiger charge is 2.24. The third-order valence-electron chi connectivity index (χ3n) is 4.76. The molecule has 1 aliphatic rings. The van der Waals surface area contributed by atoms with Crippen LogP contribution in [0.5, 0.6) is 0 Å². The predicted octanol–water partition coefficient (Wildman–Crippen LogP) is 3.07. The molecule has 0 spiro atoms. The molecule has 156 valence electrons. The molecular weight excluding hydrogens is 410 g/mol. The number of nitrogens with zero attached hydrogens (tertiary/aromatic N) is 1. The molecule has 0 atom stereocenters. The van der Waals surface area contributed by atoms with Crippen LogP contribution >= 0.6 is 11.3 Å². The monoisotopic (exact) mass is 435 g/mol. The highest BCUT2D eigenvalue weighted by molar-refractivity contribution is 7.89. The van der Waals surface area contributed by atoms with E-state index in [-0.39, 0.29) is 29.7 Å². The van der Waals surface area contributed by atoms with Crippen molar-refractivity contribution in [2.75, 3.05) is 25.0 Å². The van der Waals surface area contributed by atoms with E-state index in [2.05, 4.69) is 10.6 Å². The summed E-state index contributed by atoms with van der Waals surface area (Å²) in [6, 6.07) is 7.95. The zero-order valence-electron chi connectivity index (χ0n) is 16.1. The van der Waals surface area contributed by atoms with E-state index in [0.29, 0.717) is 24.3 Å². The van der Waals surface area contributed by atoms with Crippen molar-refractivity contribution in [3.63, 3.8) is 0 Å². The molecule has 1 aliphatic heterocycles. The van der Waals surface area contributed by atoms with Crippen molar-refractivity contribution in [1.82, 2.24) is 9.62 Å². The van der Waals surface area contributed by atoms with Crippen LogP contribution in [0.15, 0.2) is 46.0 Å². The fourth-order valence-corrected chi connectivity index (χ4v) is 5.30. The molecule has 9 heteroatoms. The molecule has 0 bridgehead atoms. The number of amides is 2. The molecule has 1 aromatic carbocycles. The summed E-state index contributed by atoms with van der Waals surface area (Å²) in [7, 11) is -3.50. The van der Waals surface area contributed by atoms with Crippen LogP contribution in [-0.2, 0) is 14.8 Å². The summed E-state index contributed by atoms with van der Waals surface area (Å²) in [6.45, 7) is 1.33. The van der Waals surface area contributed by atoms with Gasteiger partial charge < -0.3 is 10.6 Å². The van der Waals surface area contributed by atoms with Crippen LogP contribution in [0.1, 0.15) is 42.5 Å². The van der Waals surface area contributed by atoms with E-state index in [4.69, 9.17) is 0 Å². The molecule has 2 N–H and O–H groups in total. The molecule has 1 aromatic heterocycles. The number of anilines is 1. The van der Waals surface area contributed by atoms with Crippen molar-refractivity contribution in [3.05, 3.63) is 46.7 Å². The number of rotatable bonds is 7. The number of nitrogens with one attached hydrogen (secondary N) is 2. The van der Waals surface area contributed by atoms with Crippen LogP contribution < -0.4 is 10.6 Å². The Morgan fingerprint density at radius 1 is 1.00 bits per heavy atom. The largest absolute Gasteiger partial charge is 0.351 e. The van der Waals surface area contributed by atoms with Crippen molar-refractivity contribution in [2.24, 2.45) is 0 Å². The van der Waals surface area contributed by atoms with Crippen molar-refractivity contribution in [1.29, 1.82) is 0 Å². The molecule has 0 unspecified atom stereocenters. The highest BCUT2D eigenvalue weighted by Crippen LogP contribution is 2.21. The number of benzene rings is 1. The quantitative estimate of drug-likeness (QED) is 0.699. The van der Waals surface area contributed by atoms with E-state index in [1.165, 1.54) is 23.5 Å². The van der Waals surface area contributed by atoms with E-state index in [1.54, 1.807) is 27.9 Å². The molecule has 0 aliphatic carbocycles. The minimum Gasteiger partial charge on any atom is -0.351 e. The molecule has 0 radical (unpaired) electrons. The Morgan fingerprint density at radius 2 is 1.69 bits per heavy atom. The lowest BCUT2D eigenvalue weighted by molar-refractivity contribution is -0.116. The van der Waals surface area contributed by atoms with E-state index in [1.807, 2.05) is 5.38 Å². The van der Waals surface area contributed by atoms with Crippen LogP contribution in [0, 0.1) is 0 Å². The summed E-state index contributed by atoms with van der Waals surface area (Å²) in [4.78, 5) is 24.1. The van der Waals surface area contributed by atoms with Crippen LogP contribution in [0.2, 0.25) is 0 Å². The van der Waals surface area contributed by atoms with Gasteiger partial charge in [-0.1, -0.05) is 12.8 Å². The molecule has 29 heavy (non-hydrogen) atoms. The molecule has 2 heterocycles. The topological polar surface area (TPSA) is 95.6 Å². The number of thiophene rings is 1. The summed E-state index contributed by atoms with van der Waals surface area (Å²) in [5, 5.41) is 8.98. The second kappa shape index (κ2) is 10.00. The van der Waals surface area contributed by atoms with Gasteiger partial charge in [-0.2, -0.15) is 15.6 Å². The number of hydrogen-bond donors (Lipinski definition) is 2. The normalized spacial score (nSPS) is 15.4. The lowest BCUT2D eigenvalue weighted by atomic mass is 10.2. The molecular formula is C20H25N3O4S2. The van der Waals surface area contributed by atoms with Crippen LogP contribution in [0.4, 0.5) is 5.69 Å². The molecule has 1 fully saturated rings. The van der Waals surface area contributed by atoms with E-state index in [9.17, 15) is 18.0 Å². The van der Waals surface area contributed by atoms with Gasteiger partial charge in [0.25, 0.3) is 5.91 Å². The Hall–Kier alpha value is -2.23. The molecule has 2 amide bonds. The fourth-order valence-electron chi connectivity index (χ4n) is 3.15. The van der Waals surface area contributed by atoms with Gasteiger partial charge in [0, 0.05) is 42.7 Å². The molecule has 7 nitrogen and oxygen atoms in total. The van der Waals surface area contributed by atoms with Crippen molar-refractivity contribution in [3.8, 4) is 0 Å². The Morgan fingerprint density at radius 3 is 2.31 bits per heavy atom. The van der Waals surface area contributed by atoms with Crippen molar-refractivity contribution >= 4 is 38.9 Å². The Kier molecular flexibility index (Phi) is 7.40. The van der Waals surface area contributed by atoms with E-state index >= 15 is 0 Å². The summed E-state index contributed by atoms with van der Waals surface area (Å²) >= 11 is 1.44. The first-order chi connectivity index (χ1) is 14.0. The van der Waals surface area contributed by atoms with Crippen LogP contribution in [-0.4, -0.2) is 44.2 Å². The maximum atomic E-state index is 12.8. The van der Waals surface area contributed by atoms with Crippen LogP contribution in [0.25, 0.3) is 0 Å². The van der Waals surface area contributed by atoms with Crippen molar-refractivity contribution in [2.45, 2.75) is 37.0 Å². The summed E-state index contributed by atoms with van der Waals surface area (Å²) < 4.78 is 27.1. The number of carbonyl (C=O) groups is 2. The minimum absolute atomic E-state index is 0.129. The average Bonchev–Trinajstić information content (AvgIpc) is 3.10. The maximum Gasteiger partial charge on any atom is 0.252 e. The number of sulfonamides is 1. The standard InChI is InChI=1S/C20H25N3O4S2/c24-19(9-11-21-20(25)16-10-14-28-15-16)22-17-5-7-18(8-6-17)29(26,27)23-12-3-1-2-4-13-23/h5-8,10,14-15H,1-4,9,11-13H2,(H,21,25)(H,22,24). The summed E-state index contributed by atoms with van der Waals surface area (Å²) in [5.74, 6) is -0.458. The molecule has 3 rings (SSSR count). The first-order valence-electron chi connectivity index (χ1n) is 9.67. The van der Waals surface area contributed by atoms with E-state index in [0.717, 1.165) is 25.7 Å². The van der Waals surface area contributed by atoms with Gasteiger partial charge in [0.1, 0.15) is 0 Å². The maximum absolute atomic E-state index is 12.8. The minimum atomic E-state index is -3.50. The Bertz CT molecular complexity index is 917. The molecule has 1 saturated heterocycles. The zero-order valence-corrected chi connectivity index (χ0v) is 17.7. The van der Waals surface area contributed by atoms with Gasteiger partial charge >= 0.3 is 0 Å². The third kappa shape index (κ3) is 5.88. The molecule has 0 saturated carbocycles. The van der Waals surface area contributed by atoms with Gasteiger partial charge in [-0.15, -0.1) is 0 Å². The summed E-state index contributed by atoms with van der Waals surface area (Å²) in [6.07, 6.45) is 4.02. The lowest BCUT2D eigenvalue weighted by Gasteiger charge is -2.20. The average molecular weight is 436 g/mol. The van der Waals surface area contributed by atoms with Gasteiger partial charge in [-0.25, -0.2) is 8.42 Å². The Balaban J connectivity index is 1.50. The van der Waals surface area contributed by atoms with Gasteiger partial charge in [0.2, 0.25) is 15.9 Å². The smallest absolute Gasteiger partial charge is 0.252 e. The fraction of sp³-hybridized carbons (Fsp3) is 0.400. The SMILES string of the molecule is O=C(CCNC(=O)c1ccsc1)Nc1ccc(S(=O)(=O)N2CCCCCC2)cc1.